The van der Waals surface area contributed by atoms with Gasteiger partial charge >= 0.3 is 0 Å². The third kappa shape index (κ3) is 4.43. The lowest BCUT2D eigenvalue weighted by Crippen LogP contribution is -2.24. The summed E-state index contributed by atoms with van der Waals surface area (Å²) < 4.78 is 2.10. The summed E-state index contributed by atoms with van der Waals surface area (Å²) in [5.41, 5.74) is 5.57. The quantitative estimate of drug-likeness (QED) is 0.679. The van der Waals surface area contributed by atoms with E-state index in [1.165, 1.54) is 0 Å². The summed E-state index contributed by atoms with van der Waals surface area (Å²) in [5.74, 6) is 0.0291. The molecule has 1 aliphatic rings. The van der Waals surface area contributed by atoms with Crippen LogP contribution in [0.4, 0.5) is 5.69 Å². The van der Waals surface area contributed by atoms with Crippen molar-refractivity contribution in [1.82, 2.24) is 14.5 Å². The number of imidazole rings is 1. The third-order valence-electron chi connectivity index (χ3n) is 5.62. The van der Waals surface area contributed by atoms with Gasteiger partial charge in [0.25, 0.3) is 5.91 Å². The number of hydrogen-bond donors (Lipinski definition) is 1. The maximum Gasteiger partial charge on any atom is 0.255 e. The molecule has 6 nitrogen and oxygen atoms in total. The molecule has 0 unspecified atom stereocenters. The average molecular weight is 402 g/mol. The van der Waals surface area contributed by atoms with E-state index in [1.807, 2.05) is 60.6 Å². The molecule has 2 amide bonds. The number of nitrogens with zero attached hydrogens (tertiary/aromatic N) is 3. The number of benzene rings is 2. The molecule has 1 saturated heterocycles. The van der Waals surface area contributed by atoms with Gasteiger partial charge in [0.05, 0.1) is 12.0 Å². The predicted molar refractivity (Wildman–Crippen MR) is 116 cm³/mol. The summed E-state index contributed by atoms with van der Waals surface area (Å²) in [7, 11) is 0. The van der Waals surface area contributed by atoms with Crippen molar-refractivity contribution in [3.05, 3.63) is 82.9 Å². The van der Waals surface area contributed by atoms with E-state index in [2.05, 4.69) is 21.8 Å². The van der Waals surface area contributed by atoms with Crippen molar-refractivity contribution in [2.24, 2.45) is 0 Å². The molecular weight excluding hydrogens is 376 g/mol. The standard InChI is InChI=1S/C24H26N4O2/c1-17-18(2)28(16-25-17)15-20-7-4-9-22(13-20)26-24(30)21-8-3-6-19(12-21)14-27-11-5-10-23(27)29/h3-4,6-9,12-13,16H,5,10-11,14-15H2,1-2H3,(H,26,30). The van der Waals surface area contributed by atoms with E-state index in [0.717, 1.165) is 41.2 Å². The highest BCUT2D eigenvalue weighted by atomic mass is 16.2. The first-order chi connectivity index (χ1) is 14.5. The molecule has 0 aliphatic carbocycles. The number of likely N-dealkylation sites (tertiary alicyclic amines) is 1. The van der Waals surface area contributed by atoms with E-state index in [4.69, 9.17) is 0 Å². The Morgan fingerprint density at radius 1 is 1.07 bits per heavy atom. The molecule has 1 aromatic heterocycles. The third-order valence-corrected chi connectivity index (χ3v) is 5.62. The van der Waals surface area contributed by atoms with Crippen molar-refractivity contribution >= 4 is 17.5 Å². The van der Waals surface area contributed by atoms with Crippen molar-refractivity contribution in [1.29, 1.82) is 0 Å². The Balaban J connectivity index is 1.44. The molecule has 2 aromatic carbocycles. The largest absolute Gasteiger partial charge is 0.338 e. The monoisotopic (exact) mass is 402 g/mol. The molecule has 0 bridgehead atoms. The molecule has 4 rings (SSSR count). The van der Waals surface area contributed by atoms with E-state index in [9.17, 15) is 9.59 Å². The zero-order valence-electron chi connectivity index (χ0n) is 17.4. The molecule has 0 atom stereocenters. The van der Waals surface area contributed by atoms with Gasteiger partial charge < -0.3 is 14.8 Å². The van der Waals surface area contributed by atoms with Crippen LogP contribution in [0, 0.1) is 13.8 Å². The fraction of sp³-hybridized carbons (Fsp3) is 0.292. The van der Waals surface area contributed by atoms with E-state index >= 15 is 0 Å². The number of carbonyl (C=O) groups excluding carboxylic acids is 2. The smallest absolute Gasteiger partial charge is 0.255 e. The maximum absolute atomic E-state index is 12.8. The highest BCUT2D eigenvalue weighted by molar-refractivity contribution is 6.04. The summed E-state index contributed by atoms with van der Waals surface area (Å²) in [5, 5.41) is 2.99. The first-order valence-corrected chi connectivity index (χ1v) is 10.2. The van der Waals surface area contributed by atoms with Crippen molar-refractivity contribution in [3.8, 4) is 0 Å². The van der Waals surface area contributed by atoms with Crippen molar-refractivity contribution in [3.63, 3.8) is 0 Å². The lowest BCUT2D eigenvalue weighted by atomic mass is 10.1. The van der Waals surface area contributed by atoms with Crippen LogP contribution in [0.5, 0.6) is 0 Å². The van der Waals surface area contributed by atoms with Crippen molar-refractivity contribution < 1.29 is 9.59 Å². The molecule has 2 heterocycles. The summed E-state index contributed by atoms with van der Waals surface area (Å²) in [6.07, 6.45) is 3.37. The Hall–Kier alpha value is -3.41. The first kappa shape index (κ1) is 19.9. The van der Waals surface area contributed by atoms with Crippen LogP contribution >= 0.6 is 0 Å². The Labute approximate surface area is 176 Å². The lowest BCUT2D eigenvalue weighted by Gasteiger charge is -2.16. The normalized spacial score (nSPS) is 13.7. The molecule has 1 aliphatic heterocycles. The second kappa shape index (κ2) is 8.53. The zero-order chi connectivity index (χ0) is 21.1. The molecule has 3 aromatic rings. The molecule has 1 N–H and O–H groups in total. The van der Waals surface area contributed by atoms with Gasteiger partial charge in [0.1, 0.15) is 0 Å². The molecule has 0 saturated carbocycles. The van der Waals surface area contributed by atoms with Crippen LogP contribution in [0.15, 0.2) is 54.9 Å². The number of rotatable bonds is 6. The minimum absolute atomic E-state index is 0.156. The highest BCUT2D eigenvalue weighted by Gasteiger charge is 2.20. The summed E-state index contributed by atoms with van der Waals surface area (Å²) in [6.45, 7) is 6.10. The second-order valence-corrected chi connectivity index (χ2v) is 7.82. The van der Waals surface area contributed by atoms with E-state index in [-0.39, 0.29) is 11.8 Å². The Bertz CT molecular complexity index is 1090. The molecule has 30 heavy (non-hydrogen) atoms. The summed E-state index contributed by atoms with van der Waals surface area (Å²) in [6, 6.07) is 15.3. The zero-order valence-corrected chi connectivity index (χ0v) is 17.4. The molecule has 0 spiro atoms. The minimum Gasteiger partial charge on any atom is -0.338 e. The van der Waals surface area contributed by atoms with Gasteiger partial charge in [-0.3, -0.25) is 9.59 Å². The number of nitrogens with one attached hydrogen (secondary N) is 1. The van der Waals surface area contributed by atoms with Gasteiger partial charge in [0, 0.05) is 43.0 Å². The Kier molecular flexibility index (Phi) is 5.65. The van der Waals surface area contributed by atoms with Crippen LogP contribution in [-0.2, 0) is 17.9 Å². The highest BCUT2D eigenvalue weighted by Crippen LogP contribution is 2.18. The number of amides is 2. The van der Waals surface area contributed by atoms with Gasteiger partial charge in [0.2, 0.25) is 5.91 Å². The van der Waals surface area contributed by atoms with Crippen LogP contribution in [0.3, 0.4) is 0 Å². The van der Waals surface area contributed by atoms with Gasteiger partial charge in [-0.05, 0) is 55.7 Å². The molecule has 1 fully saturated rings. The number of carbonyl (C=O) groups is 2. The Morgan fingerprint density at radius 2 is 1.83 bits per heavy atom. The number of hydrogen-bond acceptors (Lipinski definition) is 3. The Morgan fingerprint density at radius 3 is 2.53 bits per heavy atom. The maximum atomic E-state index is 12.8. The lowest BCUT2D eigenvalue weighted by molar-refractivity contribution is -0.128. The van der Waals surface area contributed by atoms with Crippen LogP contribution in [-0.4, -0.2) is 32.8 Å². The summed E-state index contributed by atoms with van der Waals surface area (Å²) >= 11 is 0. The SMILES string of the molecule is Cc1ncn(Cc2cccc(NC(=O)c3cccc(CN4CCCC4=O)c3)c2)c1C. The van der Waals surface area contributed by atoms with Crippen LogP contribution in [0.1, 0.15) is 45.7 Å². The van der Waals surface area contributed by atoms with Gasteiger partial charge in [-0.25, -0.2) is 4.98 Å². The topological polar surface area (TPSA) is 67.2 Å². The van der Waals surface area contributed by atoms with Crippen LogP contribution in [0.25, 0.3) is 0 Å². The fourth-order valence-electron chi connectivity index (χ4n) is 3.75. The van der Waals surface area contributed by atoms with E-state index < -0.39 is 0 Å². The van der Waals surface area contributed by atoms with Crippen molar-refractivity contribution in [2.45, 2.75) is 39.8 Å². The molecule has 154 valence electrons. The number of anilines is 1. The number of aryl methyl sites for hydroxylation is 1. The minimum atomic E-state index is -0.156. The average Bonchev–Trinajstić information content (AvgIpc) is 3.28. The number of aromatic nitrogens is 2. The van der Waals surface area contributed by atoms with Gasteiger partial charge in [-0.1, -0.05) is 24.3 Å². The fourth-order valence-corrected chi connectivity index (χ4v) is 3.75. The van der Waals surface area contributed by atoms with E-state index in [0.29, 0.717) is 25.1 Å². The molecule has 6 heteroatoms. The van der Waals surface area contributed by atoms with Gasteiger partial charge in [-0.15, -0.1) is 0 Å². The molecular formula is C24H26N4O2. The van der Waals surface area contributed by atoms with Crippen LogP contribution < -0.4 is 5.32 Å². The van der Waals surface area contributed by atoms with Gasteiger partial charge in [-0.2, -0.15) is 0 Å². The van der Waals surface area contributed by atoms with Crippen LogP contribution in [0.2, 0.25) is 0 Å². The summed E-state index contributed by atoms with van der Waals surface area (Å²) in [4.78, 5) is 30.8. The second-order valence-electron chi connectivity index (χ2n) is 7.82. The first-order valence-electron chi connectivity index (χ1n) is 10.2. The molecule has 0 radical (unpaired) electrons. The van der Waals surface area contributed by atoms with Crippen molar-refractivity contribution in [2.75, 3.05) is 11.9 Å². The van der Waals surface area contributed by atoms with E-state index in [1.54, 1.807) is 6.07 Å². The predicted octanol–water partition coefficient (Wildman–Crippen LogP) is 3.92. The van der Waals surface area contributed by atoms with Gasteiger partial charge in [0.15, 0.2) is 0 Å².